The predicted molar refractivity (Wildman–Crippen MR) is 104 cm³/mol. The lowest BCUT2D eigenvalue weighted by molar-refractivity contribution is -0.156. The van der Waals surface area contributed by atoms with E-state index in [2.05, 4.69) is 25.0 Å². The zero-order valence-electron chi connectivity index (χ0n) is 16.7. The fourth-order valence-corrected chi connectivity index (χ4v) is 7.26. The van der Waals surface area contributed by atoms with Crippen LogP contribution in [0.4, 0.5) is 0 Å². The number of hydrogen-bond acceptors (Lipinski definition) is 5. The Morgan fingerprint density at radius 1 is 1.21 bits per heavy atom. The molecule has 7 nitrogen and oxygen atoms in total. The van der Waals surface area contributed by atoms with Crippen LogP contribution in [0.2, 0.25) is 0 Å². The molecule has 4 saturated carbocycles. The average Bonchev–Trinajstić information content (AvgIpc) is 3.23. The first-order chi connectivity index (χ1) is 13.6. The molecule has 0 spiro atoms. The normalized spacial score (nSPS) is 40.0. The largest absolute Gasteiger partial charge is 0.395 e. The summed E-state index contributed by atoms with van der Waals surface area (Å²) in [6, 6.07) is 0.265. The minimum Gasteiger partial charge on any atom is -0.395 e. The number of hydrogen-bond donors (Lipinski definition) is 2. The molecule has 0 radical (unpaired) electrons. The number of nitrogens with one attached hydrogen (secondary N) is 1. The maximum absolute atomic E-state index is 13.4. The van der Waals surface area contributed by atoms with Crippen LogP contribution in [0.3, 0.4) is 0 Å². The Hall–Kier alpha value is -1.47. The molecule has 2 N–H and O–H groups in total. The minimum atomic E-state index is -0.228. The Balaban J connectivity index is 1.26. The minimum absolute atomic E-state index is 0.00717. The number of aliphatic hydroxyl groups is 1. The maximum Gasteiger partial charge on any atom is 0.226 e. The second-order valence-electron chi connectivity index (χ2n) is 9.93. The third-order valence-corrected chi connectivity index (χ3v) is 8.06. The Bertz CT molecular complexity index is 692. The lowest BCUT2D eigenvalue weighted by Gasteiger charge is -2.60. The number of rotatable bonds is 6. The summed E-state index contributed by atoms with van der Waals surface area (Å²) in [5.74, 6) is 1.53. The highest BCUT2D eigenvalue weighted by Crippen LogP contribution is 2.64. The van der Waals surface area contributed by atoms with E-state index in [0.29, 0.717) is 18.4 Å². The molecule has 154 valence electrons. The van der Waals surface area contributed by atoms with Crippen LogP contribution < -0.4 is 5.32 Å². The van der Waals surface area contributed by atoms with Gasteiger partial charge in [-0.15, -0.1) is 0 Å². The van der Waals surface area contributed by atoms with Gasteiger partial charge in [0, 0.05) is 19.1 Å². The van der Waals surface area contributed by atoms with Crippen LogP contribution in [0.1, 0.15) is 57.8 Å². The summed E-state index contributed by atoms with van der Waals surface area (Å²) in [5, 5.41) is 17.4. The molecule has 1 aliphatic heterocycles. The van der Waals surface area contributed by atoms with Gasteiger partial charge in [-0.3, -0.25) is 9.69 Å². The SMILES string of the molecule is O=C(NCCN1CCCC[C@@H]1CO)C12C[C@H]3C[C@@H](C1)CC(n1cncn1)(C3)C2. The summed E-state index contributed by atoms with van der Waals surface area (Å²) >= 11 is 0. The fourth-order valence-electron chi connectivity index (χ4n) is 7.26. The average molecular weight is 388 g/mol. The van der Waals surface area contributed by atoms with Crippen molar-refractivity contribution in [1.82, 2.24) is 25.0 Å². The number of amides is 1. The van der Waals surface area contributed by atoms with E-state index in [1.807, 2.05) is 6.33 Å². The van der Waals surface area contributed by atoms with Crippen molar-refractivity contribution in [3.05, 3.63) is 12.7 Å². The second kappa shape index (κ2) is 7.10. The van der Waals surface area contributed by atoms with E-state index in [0.717, 1.165) is 51.6 Å². The molecule has 0 aromatic carbocycles. The second-order valence-corrected chi connectivity index (χ2v) is 9.93. The number of aliphatic hydroxyl groups excluding tert-OH is 1. The third-order valence-electron chi connectivity index (χ3n) is 8.06. The topological polar surface area (TPSA) is 83.3 Å². The van der Waals surface area contributed by atoms with Crippen molar-refractivity contribution in [1.29, 1.82) is 0 Å². The molecule has 1 aromatic heterocycles. The Labute approximate surface area is 166 Å². The van der Waals surface area contributed by atoms with Crippen molar-refractivity contribution in [3.8, 4) is 0 Å². The summed E-state index contributed by atoms with van der Waals surface area (Å²) < 4.78 is 2.06. The van der Waals surface area contributed by atoms with Crippen LogP contribution in [-0.2, 0) is 10.3 Å². The van der Waals surface area contributed by atoms with Gasteiger partial charge in [0.05, 0.1) is 17.6 Å². The molecular weight excluding hydrogens is 354 g/mol. The zero-order chi connectivity index (χ0) is 19.2. The van der Waals surface area contributed by atoms with Gasteiger partial charge in [-0.05, 0) is 69.7 Å². The molecule has 5 atom stereocenters. The smallest absolute Gasteiger partial charge is 0.226 e. The molecule has 2 unspecified atom stereocenters. The summed E-state index contributed by atoms with van der Waals surface area (Å²) in [6.07, 6.45) is 13.5. The van der Waals surface area contributed by atoms with Crippen LogP contribution in [0, 0.1) is 17.3 Å². The van der Waals surface area contributed by atoms with Gasteiger partial charge >= 0.3 is 0 Å². The first-order valence-corrected chi connectivity index (χ1v) is 11.1. The molecule has 1 saturated heterocycles. The lowest BCUT2D eigenvalue weighted by Crippen LogP contribution is -2.61. The highest BCUT2D eigenvalue weighted by Gasteiger charge is 2.61. The summed E-state index contributed by atoms with van der Waals surface area (Å²) in [5.41, 5.74) is -0.235. The van der Waals surface area contributed by atoms with Crippen molar-refractivity contribution < 1.29 is 9.90 Å². The van der Waals surface area contributed by atoms with Crippen LogP contribution in [0.5, 0.6) is 0 Å². The predicted octanol–water partition coefficient (Wildman–Crippen LogP) is 1.54. The molecule has 4 bridgehead atoms. The Kier molecular flexibility index (Phi) is 4.70. The number of nitrogens with zero attached hydrogens (tertiary/aromatic N) is 4. The van der Waals surface area contributed by atoms with Gasteiger partial charge in [0.1, 0.15) is 12.7 Å². The fraction of sp³-hybridized carbons (Fsp3) is 0.857. The van der Waals surface area contributed by atoms with Gasteiger partial charge in [0.25, 0.3) is 0 Å². The van der Waals surface area contributed by atoms with E-state index in [9.17, 15) is 9.90 Å². The van der Waals surface area contributed by atoms with Gasteiger partial charge in [-0.1, -0.05) is 6.42 Å². The molecule has 5 fully saturated rings. The molecular formula is C21H33N5O2. The zero-order valence-corrected chi connectivity index (χ0v) is 16.7. The quantitative estimate of drug-likeness (QED) is 0.774. The van der Waals surface area contributed by atoms with E-state index in [-0.39, 0.29) is 29.5 Å². The van der Waals surface area contributed by atoms with E-state index in [1.54, 1.807) is 6.33 Å². The maximum atomic E-state index is 13.4. The Morgan fingerprint density at radius 2 is 2.04 bits per heavy atom. The van der Waals surface area contributed by atoms with Crippen LogP contribution in [0.15, 0.2) is 12.7 Å². The summed E-state index contributed by atoms with van der Waals surface area (Å²) in [6.45, 7) is 2.78. The summed E-state index contributed by atoms with van der Waals surface area (Å²) in [4.78, 5) is 19.9. The highest BCUT2D eigenvalue weighted by atomic mass is 16.3. The molecule has 2 heterocycles. The van der Waals surface area contributed by atoms with E-state index in [1.165, 1.54) is 19.3 Å². The molecule has 5 aliphatic rings. The molecule has 7 heteroatoms. The van der Waals surface area contributed by atoms with E-state index in [4.69, 9.17) is 0 Å². The van der Waals surface area contributed by atoms with Crippen LogP contribution in [-0.4, -0.2) is 63.0 Å². The number of carbonyl (C=O) groups excluding carboxylic acids is 1. The Morgan fingerprint density at radius 3 is 2.75 bits per heavy atom. The third kappa shape index (κ3) is 3.07. The molecule has 6 rings (SSSR count). The van der Waals surface area contributed by atoms with E-state index < -0.39 is 0 Å². The van der Waals surface area contributed by atoms with Crippen molar-refractivity contribution >= 4 is 5.91 Å². The van der Waals surface area contributed by atoms with Gasteiger partial charge in [0.15, 0.2) is 0 Å². The number of aromatic nitrogens is 3. The van der Waals surface area contributed by atoms with Gasteiger partial charge in [-0.2, -0.15) is 5.10 Å². The first-order valence-electron chi connectivity index (χ1n) is 11.1. The van der Waals surface area contributed by atoms with Crippen molar-refractivity contribution in [2.24, 2.45) is 17.3 Å². The summed E-state index contributed by atoms with van der Waals surface area (Å²) in [7, 11) is 0. The van der Waals surface area contributed by atoms with Crippen molar-refractivity contribution in [2.75, 3.05) is 26.2 Å². The standard InChI is InChI=1S/C21H33N5O2/c27-12-18-3-1-2-5-25(18)6-4-23-19(28)20-8-16-7-17(9-20)11-21(10-16,13-20)26-15-22-14-24-26/h14-18,27H,1-13H2,(H,23,28)/t16-,17+,18-,20?,21?/m1/s1. The monoisotopic (exact) mass is 387 g/mol. The number of carbonyl (C=O) groups is 1. The molecule has 1 amide bonds. The van der Waals surface area contributed by atoms with Crippen molar-refractivity contribution in [2.45, 2.75) is 69.4 Å². The first kappa shape index (κ1) is 18.6. The number of piperidine rings is 1. The molecule has 28 heavy (non-hydrogen) atoms. The van der Waals surface area contributed by atoms with Crippen LogP contribution >= 0.6 is 0 Å². The molecule has 1 aromatic rings. The number of likely N-dealkylation sites (tertiary alicyclic amines) is 1. The van der Waals surface area contributed by atoms with Gasteiger partial charge in [0.2, 0.25) is 5.91 Å². The van der Waals surface area contributed by atoms with Crippen molar-refractivity contribution in [3.63, 3.8) is 0 Å². The highest BCUT2D eigenvalue weighted by molar-refractivity contribution is 5.83. The van der Waals surface area contributed by atoms with Gasteiger partial charge < -0.3 is 10.4 Å². The molecule has 4 aliphatic carbocycles. The van der Waals surface area contributed by atoms with Crippen LogP contribution in [0.25, 0.3) is 0 Å². The van der Waals surface area contributed by atoms with Gasteiger partial charge in [-0.25, -0.2) is 9.67 Å². The lowest BCUT2D eigenvalue weighted by atomic mass is 9.46. The van der Waals surface area contributed by atoms with E-state index >= 15 is 0 Å².